The van der Waals surface area contributed by atoms with Crippen molar-refractivity contribution in [3.8, 4) is 6.07 Å². The van der Waals surface area contributed by atoms with Gasteiger partial charge in [0.25, 0.3) is 0 Å². The van der Waals surface area contributed by atoms with E-state index in [1.54, 1.807) is 12.1 Å². The third-order valence-corrected chi connectivity index (χ3v) is 4.74. The van der Waals surface area contributed by atoms with Gasteiger partial charge in [0.05, 0.1) is 22.3 Å². The standard InChI is InChI=1S/C13H15ClN2S/c1-9-12(3-2-6-17-9)16-13-5-4-10(8-15)7-11(13)14/h4-5,7,9,12,16H,2-3,6H2,1H3. The van der Waals surface area contributed by atoms with Gasteiger partial charge in [-0.25, -0.2) is 0 Å². The lowest BCUT2D eigenvalue weighted by atomic mass is 10.1. The van der Waals surface area contributed by atoms with Gasteiger partial charge < -0.3 is 5.32 Å². The molecule has 1 aliphatic heterocycles. The highest BCUT2D eigenvalue weighted by Gasteiger charge is 2.22. The molecule has 0 spiro atoms. The van der Waals surface area contributed by atoms with Gasteiger partial charge in [-0.05, 0) is 36.8 Å². The molecule has 2 nitrogen and oxygen atoms in total. The van der Waals surface area contributed by atoms with Gasteiger partial charge in [-0.1, -0.05) is 18.5 Å². The fourth-order valence-electron chi connectivity index (χ4n) is 2.01. The van der Waals surface area contributed by atoms with Crippen LogP contribution in [0.25, 0.3) is 0 Å². The van der Waals surface area contributed by atoms with E-state index in [1.165, 1.54) is 18.6 Å². The molecule has 2 rings (SSSR count). The zero-order valence-corrected chi connectivity index (χ0v) is 11.3. The molecule has 90 valence electrons. The van der Waals surface area contributed by atoms with Crippen molar-refractivity contribution >= 4 is 29.1 Å². The summed E-state index contributed by atoms with van der Waals surface area (Å²) in [5.41, 5.74) is 1.54. The Morgan fingerprint density at radius 3 is 3.00 bits per heavy atom. The van der Waals surface area contributed by atoms with Gasteiger partial charge in [0.1, 0.15) is 0 Å². The molecule has 0 amide bonds. The largest absolute Gasteiger partial charge is 0.380 e. The van der Waals surface area contributed by atoms with Crippen LogP contribution in [0.5, 0.6) is 0 Å². The first-order chi connectivity index (χ1) is 8.20. The van der Waals surface area contributed by atoms with E-state index >= 15 is 0 Å². The molecule has 1 aliphatic rings. The Bertz CT molecular complexity index is 442. The van der Waals surface area contributed by atoms with Crippen molar-refractivity contribution in [1.29, 1.82) is 5.26 Å². The number of thioether (sulfide) groups is 1. The first-order valence-corrected chi connectivity index (χ1v) is 7.21. The molecule has 2 unspecified atom stereocenters. The first kappa shape index (κ1) is 12.6. The van der Waals surface area contributed by atoms with Crippen molar-refractivity contribution < 1.29 is 0 Å². The topological polar surface area (TPSA) is 35.8 Å². The zero-order valence-electron chi connectivity index (χ0n) is 9.74. The number of rotatable bonds is 2. The Morgan fingerprint density at radius 1 is 1.53 bits per heavy atom. The number of hydrogen-bond donors (Lipinski definition) is 1. The van der Waals surface area contributed by atoms with Crippen LogP contribution in [0.2, 0.25) is 5.02 Å². The minimum absolute atomic E-state index is 0.471. The van der Waals surface area contributed by atoms with E-state index in [-0.39, 0.29) is 0 Å². The maximum Gasteiger partial charge on any atom is 0.0992 e. The van der Waals surface area contributed by atoms with E-state index in [2.05, 4.69) is 18.3 Å². The number of nitrogens with zero attached hydrogens (tertiary/aromatic N) is 1. The summed E-state index contributed by atoms with van der Waals surface area (Å²) in [7, 11) is 0. The fraction of sp³-hybridized carbons (Fsp3) is 0.462. The number of hydrogen-bond acceptors (Lipinski definition) is 3. The van der Waals surface area contributed by atoms with E-state index in [1.807, 2.05) is 17.8 Å². The molecule has 1 heterocycles. The second-order valence-corrected chi connectivity index (χ2v) is 6.17. The molecule has 0 aromatic heterocycles. The SMILES string of the molecule is CC1SCCCC1Nc1ccc(C#N)cc1Cl. The van der Waals surface area contributed by atoms with Gasteiger partial charge in [0, 0.05) is 11.3 Å². The molecule has 1 saturated heterocycles. The summed E-state index contributed by atoms with van der Waals surface area (Å²) in [5.74, 6) is 1.25. The number of anilines is 1. The number of halogens is 1. The van der Waals surface area contributed by atoms with Crippen molar-refractivity contribution in [3.63, 3.8) is 0 Å². The highest BCUT2D eigenvalue weighted by Crippen LogP contribution is 2.30. The van der Waals surface area contributed by atoms with Crippen LogP contribution < -0.4 is 5.32 Å². The molecule has 1 aromatic carbocycles. The van der Waals surface area contributed by atoms with Crippen LogP contribution in [-0.4, -0.2) is 17.0 Å². The maximum atomic E-state index is 8.78. The second-order valence-electron chi connectivity index (χ2n) is 4.28. The molecule has 0 saturated carbocycles. The molecule has 0 bridgehead atoms. The molecule has 0 aliphatic carbocycles. The van der Waals surface area contributed by atoms with E-state index in [0.717, 1.165) is 5.69 Å². The lowest BCUT2D eigenvalue weighted by Gasteiger charge is -2.30. The molecule has 0 radical (unpaired) electrons. The van der Waals surface area contributed by atoms with Crippen LogP contribution in [0.15, 0.2) is 18.2 Å². The Morgan fingerprint density at radius 2 is 2.35 bits per heavy atom. The first-order valence-electron chi connectivity index (χ1n) is 5.78. The van der Waals surface area contributed by atoms with Crippen LogP contribution in [-0.2, 0) is 0 Å². The third kappa shape index (κ3) is 3.08. The molecule has 1 N–H and O–H groups in total. The van der Waals surface area contributed by atoms with Crippen LogP contribution in [0.3, 0.4) is 0 Å². The van der Waals surface area contributed by atoms with E-state index in [9.17, 15) is 0 Å². The fourth-order valence-corrected chi connectivity index (χ4v) is 3.39. The normalized spacial score (nSPS) is 24.1. The number of nitriles is 1. The predicted octanol–water partition coefficient (Wildman–Crippen LogP) is 3.91. The van der Waals surface area contributed by atoms with Gasteiger partial charge in [0.2, 0.25) is 0 Å². The Hall–Kier alpha value is -0.850. The Balaban J connectivity index is 2.10. The van der Waals surface area contributed by atoms with Crippen molar-refractivity contribution in [2.45, 2.75) is 31.1 Å². The summed E-state index contributed by atoms with van der Waals surface area (Å²) < 4.78 is 0. The van der Waals surface area contributed by atoms with Crippen molar-refractivity contribution in [2.75, 3.05) is 11.1 Å². The van der Waals surface area contributed by atoms with Crippen molar-refractivity contribution in [3.05, 3.63) is 28.8 Å². The van der Waals surface area contributed by atoms with Gasteiger partial charge in [-0.2, -0.15) is 17.0 Å². The molecular weight excluding hydrogens is 252 g/mol. The molecule has 17 heavy (non-hydrogen) atoms. The van der Waals surface area contributed by atoms with E-state index in [0.29, 0.717) is 21.9 Å². The van der Waals surface area contributed by atoms with E-state index in [4.69, 9.17) is 16.9 Å². The smallest absolute Gasteiger partial charge is 0.0992 e. The monoisotopic (exact) mass is 266 g/mol. The van der Waals surface area contributed by atoms with Crippen molar-refractivity contribution in [1.82, 2.24) is 0 Å². The summed E-state index contributed by atoms with van der Waals surface area (Å²) in [4.78, 5) is 0. The molecular formula is C13H15ClN2S. The van der Waals surface area contributed by atoms with E-state index < -0.39 is 0 Å². The summed E-state index contributed by atoms with van der Waals surface area (Å²) in [5, 5.41) is 13.5. The molecule has 1 aromatic rings. The van der Waals surface area contributed by atoms with Crippen LogP contribution >= 0.6 is 23.4 Å². The third-order valence-electron chi connectivity index (χ3n) is 3.05. The van der Waals surface area contributed by atoms with Crippen LogP contribution in [0.1, 0.15) is 25.3 Å². The number of benzene rings is 1. The summed E-state index contributed by atoms with van der Waals surface area (Å²) in [6, 6.07) is 7.97. The average molecular weight is 267 g/mol. The molecule has 2 atom stereocenters. The van der Waals surface area contributed by atoms with Crippen LogP contribution in [0, 0.1) is 11.3 Å². The molecule has 1 fully saturated rings. The van der Waals surface area contributed by atoms with Gasteiger partial charge >= 0.3 is 0 Å². The summed E-state index contributed by atoms with van der Waals surface area (Å²) in [6.07, 6.45) is 2.44. The quantitative estimate of drug-likeness (QED) is 0.882. The predicted molar refractivity (Wildman–Crippen MR) is 74.7 cm³/mol. The summed E-state index contributed by atoms with van der Waals surface area (Å²) >= 11 is 8.16. The summed E-state index contributed by atoms with van der Waals surface area (Å²) in [6.45, 7) is 2.25. The highest BCUT2D eigenvalue weighted by atomic mass is 35.5. The second kappa shape index (κ2) is 5.66. The average Bonchev–Trinajstić information content (AvgIpc) is 2.34. The maximum absolute atomic E-state index is 8.78. The minimum Gasteiger partial charge on any atom is -0.380 e. The Kier molecular flexibility index (Phi) is 4.20. The van der Waals surface area contributed by atoms with Gasteiger partial charge in [-0.15, -0.1) is 0 Å². The van der Waals surface area contributed by atoms with Crippen LogP contribution in [0.4, 0.5) is 5.69 Å². The van der Waals surface area contributed by atoms with Gasteiger partial charge in [-0.3, -0.25) is 0 Å². The Labute approximate surface area is 111 Å². The molecule has 4 heteroatoms. The minimum atomic E-state index is 0.471. The zero-order chi connectivity index (χ0) is 12.3. The van der Waals surface area contributed by atoms with Gasteiger partial charge in [0.15, 0.2) is 0 Å². The highest BCUT2D eigenvalue weighted by molar-refractivity contribution is 8.00. The lowest BCUT2D eigenvalue weighted by molar-refractivity contribution is 0.617. The lowest BCUT2D eigenvalue weighted by Crippen LogP contribution is -2.32. The van der Waals surface area contributed by atoms with Crippen molar-refractivity contribution in [2.24, 2.45) is 0 Å². The number of nitrogens with one attached hydrogen (secondary N) is 1.